The molecule has 0 aliphatic rings. The minimum Gasteiger partial charge on any atom is -0.315 e. The summed E-state index contributed by atoms with van der Waals surface area (Å²) < 4.78 is 26.2. The molecule has 0 spiro atoms. The SMILES string of the molecule is CNCc1cc(S(=O)(=O)N(C)c2ccccc2)cs1. The number of benzene rings is 1. The third kappa shape index (κ3) is 2.97. The molecule has 2 aromatic rings. The molecule has 0 fully saturated rings. The molecule has 0 amide bonds. The van der Waals surface area contributed by atoms with Gasteiger partial charge in [0, 0.05) is 23.8 Å². The fourth-order valence-corrected chi connectivity index (χ4v) is 4.17. The van der Waals surface area contributed by atoms with E-state index in [2.05, 4.69) is 5.32 Å². The van der Waals surface area contributed by atoms with Crippen molar-refractivity contribution in [1.82, 2.24) is 5.32 Å². The fourth-order valence-electron chi connectivity index (χ4n) is 1.70. The highest BCUT2D eigenvalue weighted by Gasteiger charge is 2.22. The van der Waals surface area contributed by atoms with Gasteiger partial charge in [0.2, 0.25) is 0 Å². The number of thiophene rings is 1. The van der Waals surface area contributed by atoms with Crippen LogP contribution >= 0.6 is 11.3 Å². The Morgan fingerprint density at radius 2 is 1.95 bits per heavy atom. The standard InChI is InChI=1S/C13H16N2O2S2/c1-14-9-12-8-13(10-18-12)19(16,17)15(2)11-6-4-3-5-7-11/h3-8,10,14H,9H2,1-2H3. The van der Waals surface area contributed by atoms with E-state index < -0.39 is 10.0 Å². The first-order chi connectivity index (χ1) is 9.05. The summed E-state index contributed by atoms with van der Waals surface area (Å²) in [6.45, 7) is 0.676. The Hall–Kier alpha value is -1.37. The van der Waals surface area contributed by atoms with Crippen molar-refractivity contribution < 1.29 is 8.42 Å². The Labute approximate surface area is 117 Å². The van der Waals surface area contributed by atoms with Crippen molar-refractivity contribution in [2.24, 2.45) is 0 Å². The predicted octanol–water partition coefficient (Wildman–Crippen LogP) is 2.29. The molecule has 1 aromatic heterocycles. The zero-order valence-electron chi connectivity index (χ0n) is 10.8. The molecule has 0 unspecified atom stereocenters. The molecule has 1 heterocycles. The van der Waals surface area contributed by atoms with Crippen LogP contribution in [0.15, 0.2) is 46.7 Å². The summed E-state index contributed by atoms with van der Waals surface area (Å²) in [5, 5.41) is 4.69. The van der Waals surface area contributed by atoms with Crippen LogP contribution in [0, 0.1) is 0 Å². The summed E-state index contributed by atoms with van der Waals surface area (Å²) in [7, 11) is -0.0667. The van der Waals surface area contributed by atoms with Gasteiger partial charge in [0.25, 0.3) is 10.0 Å². The van der Waals surface area contributed by atoms with Gasteiger partial charge in [-0.25, -0.2) is 8.42 Å². The Kier molecular flexibility index (Phi) is 4.24. The molecular formula is C13H16N2O2S2. The molecule has 6 heteroatoms. The molecule has 0 bridgehead atoms. The molecule has 0 atom stereocenters. The van der Waals surface area contributed by atoms with Crippen LogP contribution in [-0.2, 0) is 16.6 Å². The van der Waals surface area contributed by atoms with Gasteiger partial charge in [0.15, 0.2) is 0 Å². The van der Waals surface area contributed by atoms with Gasteiger partial charge >= 0.3 is 0 Å². The first-order valence-corrected chi connectivity index (χ1v) is 8.13. The lowest BCUT2D eigenvalue weighted by atomic mass is 10.3. The second-order valence-corrected chi connectivity index (χ2v) is 7.05. The number of hydrogen-bond acceptors (Lipinski definition) is 4. The molecule has 1 N–H and O–H groups in total. The number of anilines is 1. The summed E-state index contributed by atoms with van der Waals surface area (Å²) in [5.74, 6) is 0. The summed E-state index contributed by atoms with van der Waals surface area (Å²) in [5.41, 5.74) is 0.656. The summed E-state index contributed by atoms with van der Waals surface area (Å²) >= 11 is 1.45. The smallest absolute Gasteiger partial charge is 0.264 e. The van der Waals surface area contributed by atoms with Gasteiger partial charge in [-0.1, -0.05) is 18.2 Å². The van der Waals surface area contributed by atoms with Crippen LogP contribution in [0.2, 0.25) is 0 Å². The van der Waals surface area contributed by atoms with Gasteiger partial charge in [-0.3, -0.25) is 4.31 Å². The van der Waals surface area contributed by atoms with Gasteiger partial charge in [-0.05, 0) is 25.2 Å². The van der Waals surface area contributed by atoms with Crippen molar-refractivity contribution in [2.45, 2.75) is 11.4 Å². The van der Waals surface area contributed by atoms with Crippen LogP contribution in [0.4, 0.5) is 5.69 Å². The van der Waals surface area contributed by atoms with Crippen molar-refractivity contribution in [3.05, 3.63) is 46.7 Å². The van der Waals surface area contributed by atoms with Crippen molar-refractivity contribution in [1.29, 1.82) is 0 Å². The molecule has 0 saturated heterocycles. The minimum atomic E-state index is -3.47. The monoisotopic (exact) mass is 296 g/mol. The zero-order chi connectivity index (χ0) is 13.9. The maximum absolute atomic E-state index is 12.5. The quantitative estimate of drug-likeness (QED) is 0.921. The zero-order valence-corrected chi connectivity index (χ0v) is 12.5. The van der Waals surface area contributed by atoms with Crippen LogP contribution in [0.1, 0.15) is 4.88 Å². The predicted molar refractivity (Wildman–Crippen MR) is 79.1 cm³/mol. The molecule has 102 valence electrons. The van der Waals surface area contributed by atoms with E-state index in [9.17, 15) is 8.42 Å². The molecule has 0 saturated carbocycles. The lowest BCUT2D eigenvalue weighted by Crippen LogP contribution is -2.26. The molecule has 2 rings (SSSR count). The Morgan fingerprint density at radius 3 is 2.58 bits per heavy atom. The van der Waals surface area contributed by atoms with Crippen molar-refractivity contribution >= 4 is 27.0 Å². The first-order valence-electron chi connectivity index (χ1n) is 5.81. The molecule has 0 aliphatic heterocycles. The number of para-hydroxylation sites is 1. The van der Waals surface area contributed by atoms with Gasteiger partial charge in [0.05, 0.1) is 10.6 Å². The second kappa shape index (κ2) is 5.73. The van der Waals surface area contributed by atoms with E-state index in [4.69, 9.17) is 0 Å². The number of nitrogens with one attached hydrogen (secondary N) is 1. The van der Waals surface area contributed by atoms with E-state index in [1.165, 1.54) is 15.6 Å². The van der Waals surface area contributed by atoms with Gasteiger partial charge < -0.3 is 5.32 Å². The van der Waals surface area contributed by atoms with Crippen LogP contribution < -0.4 is 9.62 Å². The maximum atomic E-state index is 12.5. The molecule has 19 heavy (non-hydrogen) atoms. The lowest BCUT2D eigenvalue weighted by molar-refractivity contribution is 0.594. The summed E-state index contributed by atoms with van der Waals surface area (Å²) in [6, 6.07) is 10.8. The van der Waals surface area contributed by atoms with E-state index in [0.717, 1.165) is 4.88 Å². The van der Waals surface area contributed by atoms with E-state index in [1.54, 1.807) is 30.6 Å². The fraction of sp³-hybridized carbons (Fsp3) is 0.231. The lowest BCUT2D eigenvalue weighted by Gasteiger charge is -2.18. The number of nitrogens with zero attached hydrogens (tertiary/aromatic N) is 1. The summed E-state index contributed by atoms with van der Waals surface area (Å²) in [6.07, 6.45) is 0. The Morgan fingerprint density at radius 1 is 1.26 bits per heavy atom. The first kappa shape index (κ1) is 14.0. The topological polar surface area (TPSA) is 49.4 Å². The molecule has 1 aromatic carbocycles. The van der Waals surface area contributed by atoms with Crippen LogP contribution in [0.3, 0.4) is 0 Å². The van der Waals surface area contributed by atoms with Gasteiger partial charge in [-0.2, -0.15) is 0 Å². The third-order valence-electron chi connectivity index (χ3n) is 2.76. The number of hydrogen-bond donors (Lipinski definition) is 1. The largest absolute Gasteiger partial charge is 0.315 e. The van der Waals surface area contributed by atoms with Crippen LogP contribution in [0.5, 0.6) is 0 Å². The average Bonchev–Trinajstić information content (AvgIpc) is 2.89. The second-order valence-electron chi connectivity index (χ2n) is 4.09. The van der Waals surface area contributed by atoms with Crippen molar-refractivity contribution in [2.75, 3.05) is 18.4 Å². The highest BCUT2D eigenvalue weighted by molar-refractivity contribution is 7.93. The third-order valence-corrected chi connectivity index (χ3v) is 5.61. The van der Waals surface area contributed by atoms with Crippen LogP contribution in [0.25, 0.3) is 0 Å². The van der Waals surface area contributed by atoms with Gasteiger partial charge in [0.1, 0.15) is 0 Å². The highest BCUT2D eigenvalue weighted by Crippen LogP contribution is 2.25. The Bertz CT molecular complexity index is 636. The molecule has 4 nitrogen and oxygen atoms in total. The summed E-state index contributed by atoms with van der Waals surface area (Å²) in [4.78, 5) is 1.34. The normalized spacial score (nSPS) is 11.5. The van der Waals surface area contributed by atoms with E-state index >= 15 is 0 Å². The molecule has 0 radical (unpaired) electrons. The van der Waals surface area contributed by atoms with Crippen molar-refractivity contribution in [3.63, 3.8) is 0 Å². The van der Waals surface area contributed by atoms with E-state index in [-0.39, 0.29) is 0 Å². The van der Waals surface area contributed by atoms with E-state index in [1.807, 2.05) is 25.2 Å². The molecule has 0 aliphatic carbocycles. The Balaban J connectivity index is 2.31. The average molecular weight is 296 g/mol. The highest BCUT2D eigenvalue weighted by atomic mass is 32.2. The number of rotatable bonds is 5. The van der Waals surface area contributed by atoms with Crippen LogP contribution in [-0.4, -0.2) is 22.5 Å². The van der Waals surface area contributed by atoms with E-state index in [0.29, 0.717) is 17.1 Å². The van der Waals surface area contributed by atoms with Crippen molar-refractivity contribution in [3.8, 4) is 0 Å². The minimum absolute atomic E-state index is 0.342. The molecular weight excluding hydrogens is 280 g/mol. The number of sulfonamides is 1. The van der Waals surface area contributed by atoms with Gasteiger partial charge in [-0.15, -0.1) is 11.3 Å². The maximum Gasteiger partial charge on any atom is 0.264 e.